The zero-order chi connectivity index (χ0) is 12.7. The number of nitrogens with two attached hydrogens (primary N) is 1. The van der Waals surface area contributed by atoms with E-state index in [2.05, 4.69) is 22.1 Å². The SMILES string of the molecule is Cc1noc2c(C3CCC(N)CN3C)ccnc12. The summed E-state index contributed by atoms with van der Waals surface area (Å²) in [5.74, 6) is 0. The largest absolute Gasteiger partial charge is 0.354 e. The lowest BCUT2D eigenvalue weighted by atomic mass is 9.93. The fraction of sp³-hybridized carbons (Fsp3) is 0.538. The molecule has 1 fully saturated rings. The lowest BCUT2D eigenvalue weighted by molar-refractivity contribution is 0.169. The molecule has 1 aliphatic rings. The Morgan fingerprint density at radius 3 is 3.06 bits per heavy atom. The lowest BCUT2D eigenvalue weighted by Gasteiger charge is -2.35. The van der Waals surface area contributed by atoms with Gasteiger partial charge in [0, 0.05) is 30.4 Å². The average molecular weight is 246 g/mol. The van der Waals surface area contributed by atoms with Crippen LogP contribution in [0.15, 0.2) is 16.8 Å². The van der Waals surface area contributed by atoms with Gasteiger partial charge in [-0.2, -0.15) is 0 Å². The first-order valence-electron chi connectivity index (χ1n) is 6.33. The summed E-state index contributed by atoms with van der Waals surface area (Å²) in [6.07, 6.45) is 3.94. The fourth-order valence-corrected chi connectivity index (χ4v) is 2.81. The summed E-state index contributed by atoms with van der Waals surface area (Å²) in [6.45, 7) is 2.84. The third-order valence-electron chi connectivity index (χ3n) is 3.78. The van der Waals surface area contributed by atoms with Crippen molar-refractivity contribution < 1.29 is 4.52 Å². The van der Waals surface area contributed by atoms with Crippen molar-refractivity contribution in [3.63, 3.8) is 0 Å². The van der Waals surface area contributed by atoms with Crippen molar-refractivity contribution >= 4 is 11.1 Å². The molecule has 1 aliphatic heterocycles. The van der Waals surface area contributed by atoms with E-state index in [0.717, 1.165) is 36.2 Å². The van der Waals surface area contributed by atoms with Crippen molar-refractivity contribution in [2.24, 2.45) is 5.73 Å². The minimum atomic E-state index is 0.278. The molecule has 0 saturated carbocycles. The van der Waals surface area contributed by atoms with Crippen molar-refractivity contribution in [3.05, 3.63) is 23.5 Å². The minimum Gasteiger partial charge on any atom is -0.354 e. The molecular weight excluding hydrogens is 228 g/mol. The number of aryl methyl sites for hydroxylation is 1. The maximum atomic E-state index is 5.99. The molecule has 0 amide bonds. The van der Waals surface area contributed by atoms with Crippen LogP contribution in [-0.4, -0.2) is 34.7 Å². The van der Waals surface area contributed by atoms with E-state index >= 15 is 0 Å². The first-order chi connectivity index (χ1) is 8.66. The monoisotopic (exact) mass is 246 g/mol. The number of rotatable bonds is 1. The Hall–Kier alpha value is -1.46. The first kappa shape index (κ1) is 11.6. The van der Waals surface area contributed by atoms with Gasteiger partial charge in [0.25, 0.3) is 0 Å². The van der Waals surface area contributed by atoms with E-state index in [-0.39, 0.29) is 6.04 Å². The topological polar surface area (TPSA) is 68.2 Å². The maximum Gasteiger partial charge on any atom is 0.190 e. The normalized spacial score (nSPS) is 25.7. The summed E-state index contributed by atoms with van der Waals surface area (Å²) in [5.41, 5.74) is 9.71. The molecule has 2 aromatic heterocycles. The van der Waals surface area contributed by atoms with E-state index in [0.29, 0.717) is 6.04 Å². The predicted octanol–water partition coefficient (Wildman–Crippen LogP) is 1.63. The Morgan fingerprint density at radius 1 is 1.44 bits per heavy atom. The summed E-state index contributed by atoms with van der Waals surface area (Å²) in [7, 11) is 2.11. The number of hydrogen-bond donors (Lipinski definition) is 1. The molecule has 1 saturated heterocycles. The lowest BCUT2D eigenvalue weighted by Crippen LogP contribution is -2.42. The highest BCUT2D eigenvalue weighted by Crippen LogP contribution is 2.33. The standard InChI is InChI=1S/C13H18N4O/c1-8-12-13(18-16-8)10(5-6-15-12)11-4-3-9(14)7-17(11)2/h5-6,9,11H,3-4,7,14H2,1-2H3. The molecule has 2 N–H and O–H groups in total. The molecule has 3 rings (SSSR count). The summed E-state index contributed by atoms with van der Waals surface area (Å²) < 4.78 is 5.44. The highest BCUT2D eigenvalue weighted by atomic mass is 16.5. The van der Waals surface area contributed by atoms with Gasteiger partial charge in [-0.05, 0) is 32.9 Å². The average Bonchev–Trinajstić information content (AvgIpc) is 2.72. The summed E-state index contributed by atoms with van der Waals surface area (Å²) >= 11 is 0. The number of hydrogen-bond acceptors (Lipinski definition) is 5. The van der Waals surface area contributed by atoms with Gasteiger partial charge in [0.05, 0.1) is 0 Å². The second kappa shape index (κ2) is 4.33. The number of fused-ring (bicyclic) bond motifs is 1. The second-order valence-corrected chi connectivity index (χ2v) is 5.14. The molecule has 18 heavy (non-hydrogen) atoms. The summed E-state index contributed by atoms with van der Waals surface area (Å²) in [6, 6.07) is 2.66. The predicted molar refractivity (Wildman–Crippen MR) is 69.1 cm³/mol. The van der Waals surface area contributed by atoms with Gasteiger partial charge < -0.3 is 10.3 Å². The Labute approximate surface area is 106 Å². The number of piperidine rings is 1. The molecule has 2 unspecified atom stereocenters. The third-order valence-corrected chi connectivity index (χ3v) is 3.78. The fourth-order valence-electron chi connectivity index (χ4n) is 2.81. The Bertz CT molecular complexity index is 565. The number of pyridine rings is 1. The van der Waals surface area contributed by atoms with Crippen LogP contribution in [0.1, 0.15) is 30.1 Å². The van der Waals surface area contributed by atoms with Crippen LogP contribution in [0.3, 0.4) is 0 Å². The van der Waals surface area contributed by atoms with Crippen LogP contribution >= 0.6 is 0 Å². The van der Waals surface area contributed by atoms with Gasteiger partial charge in [0.2, 0.25) is 0 Å². The van der Waals surface area contributed by atoms with Crippen LogP contribution in [0, 0.1) is 6.92 Å². The van der Waals surface area contributed by atoms with Crippen LogP contribution in [-0.2, 0) is 0 Å². The van der Waals surface area contributed by atoms with E-state index in [4.69, 9.17) is 10.3 Å². The molecule has 0 aliphatic carbocycles. The highest BCUT2D eigenvalue weighted by Gasteiger charge is 2.27. The van der Waals surface area contributed by atoms with Gasteiger partial charge in [-0.15, -0.1) is 0 Å². The van der Waals surface area contributed by atoms with Crippen LogP contribution in [0.5, 0.6) is 0 Å². The molecule has 5 heteroatoms. The van der Waals surface area contributed by atoms with Gasteiger partial charge in [-0.1, -0.05) is 5.16 Å². The van der Waals surface area contributed by atoms with Crippen LogP contribution in [0.4, 0.5) is 0 Å². The molecule has 96 valence electrons. The smallest absolute Gasteiger partial charge is 0.190 e. The van der Waals surface area contributed by atoms with Crippen LogP contribution in [0.25, 0.3) is 11.1 Å². The van der Waals surface area contributed by atoms with E-state index in [1.807, 2.05) is 19.2 Å². The molecule has 2 aromatic rings. The molecule has 2 atom stereocenters. The molecule has 0 bridgehead atoms. The number of likely N-dealkylation sites (N-methyl/N-ethyl adjacent to an activating group) is 1. The maximum absolute atomic E-state index is 5.99. The molecule has 0 spiro atoms. The molecule has 0 radical (unpaired) electrons. The van der Waals surface area contributed by atoms with Gasteiger partial charge in [0.1, 0.15) is 11.2 Å². The zero-order valence-corrected chi connectivity index (χ0v) is 10.8. The van der Waals surface area contributed by atoms with Gasteiger partial charge in [-0.25, -0.2) is 0 Å². The molecule has 0 aromatic carbocycles. The number of likely N-dealkylation sites (tertiary alicyclic amines) is 1. The van der Waals surface area contributed by atoms with Crippen molar-refractivity contribution in [2.75, 3.05) is 13.6 Å². The van der Waals surface area contributed by atoms with E-state index in [1.165, 1.54) is 5.56 Å². The quantitative estimate of drug-likeness (QED) is 0.828. The van der Waals surface area contributed by atoms with Crippen molar-refractivity contribution in [1.29, 1.82) is 0 Å². The third kappa shape index (κ3) is 1.79. The van der Waals surface area contributed by atoms with Crippen LogP contribution in [0.2, 0.25) is 0 Å². The highest BCUT2D eigenvalue weighted by molar-refractivity contribution is 5.78. The molecule has 5 nitrogen and oxygen atoms in total. The van der Waals surface area contributed by atoms with Crippen molar-refractivity contribution in [1.82, 2.24) is 15.0 Å². The van der Waals surface area contributed by atoms with Crippen molar-refractivity contribution in [2.45, 2.75) is 31.8 Å². The van der Waals surface area contributed by atoms with Gasteiger partial charge >= 0.3 is 0 Å². The van der Waals surface area contributed by atoms with Gasteiger partial charge in [-0.3, -0.25) is 9.88 Å². The zero-order valence-electron chi connectivity index (χ0n) is 10.8. The molecule has 3 heterocycles. The van der Waals surface area contributed by atoms with E-state index < -0.39 is 0 Å². The second-order valence-electron chi connectivity index (χ2n) is 5.14. The number of nitrogens with zero attached hydrogens (tertiary/aromatic N) is 3. The Kier molecular flexibility index (Phi) is 2.80. The van der Waals surface area contributed by atoms with Crippen molar-refractivity contribution in [3.8, 4) is 0 Å². The van der Waals surface area contributed by atoms with Crippen LogP contribution < -0.4 is 5.73 Å². The molecular formula is C13H18N4O. The summed E-state index contributed by atoms with van der Waals surface area (Å²) in [4.78, 5) is 6.63. The first-order valence-corrected chi connectivity index (χ1v) is 6.33. The van der Waals surface area contributed by atoms with E-state index in [1.54, 1.807) is 0 Å². The Morgan fingerprint density at radius 2 is 2.28 bits per heavy atom. The Balaban J connectivity index is 2.04. The van der Waals surface area contributed by atoms with Gasteiger partial charge in [0.15, 0.2) is 5.58 Å². The number of aromatic nitrogens is 2. The summed E-state index contributed by atoms with van der Waals surface area (Å²) in [5, 5.41) is 4.01. The minimum absolute atomic E-state index is 0.278. The van der Waals surface area contributed by atoms with E-state index in [9.17, 15) is 0 Å².